The second-order valence-electron chi connectivity index (χ2n) is 8.63. The Labute approximate surface area is 201 Å². The molecule has 3 N–H and O–H groups in total. The lowest BCUT2D eigenvalue weighted by molar-refractivity contribution is 0.0903. The first-order valence-electron chi connectivity index (χ1n) is 11.5. The number of rotatable bonds is 5. The van der Waals surface area contributed by atoms with E-state index in [1.54, 1.807) is 23.4 Å². The Morgan fingerprint density at radius 2 is 2.14 bits per heavy atom. The number of aromatic amines is 1. The Morgan fingerprint density at radius 3 is 2.89 bits per heavy atom. The van der Waals surface area contributed by atoms with Crippen LogP contribution in [0.5, 0.6) is 0 Å². The first-order chi connectivity index (χ1) is 17.1. The van der Waals surface area contributed by atoms with Crippen molar-refractivity contribution in [2.24, 2.45) is 0 Å². The first kappa shape index (κ1) is 22.7. The number of hydrogen-bond acceptors (Lipinski definition) is 7. The zero-order valence-electron chi connectivity index (χ0n) is 19.0. The summed E-state index contributed by atoms with van der Waals surface area (Å²) in [5.74, 6) is -0.0804. The summed E-state index contributed by atoms with van der Waals surface area (Å²) in [4.78, 5) is 24.1. The smallest absolute Gasteiger partial charge is 0.318 e. The van der Waals surface area contributed by atoms with Gasteiger partial charge in [0.15, 0.2) is 0 Å². The van der Waals surface area contributed by atoms with Crippen molar-refractivity contribution >= 4 is 12.0 Å². The normalized spacial score (nSPS) is 16.7. The van der Waals surface area contributed by atoms with E-state index in [-0.39, 0.29) is 17.6 Å². The lowest BCUT2D eigenvalue weighted by Crippen LogP contribution is -2.44. The topological polar surface area (TPSA) is 132 Å². The molecule has 180 valence electrons. The molecule has 10 nitrogen and oxygen atoms in total. The van der Waals surface area contributed by atoms with Crippen LogP contribution in [-0.4, -0.2) is 56.9 Å². The molecule has 0 bridgehead atoms. The van der Waals surface area contributed by atoms with Gasteiger partial charge >= 0.3 is 6.03 Å². The summed E-state index contributed by atoms with van der Waals surface area (Å²) in [6.07, 6.45) is 7.50. The van der Waals surface area contributed by atoms with Gasteiger partial charge in [-0.2, -0.15) is 10.4 Å². The summed E-state index contributed by atoms with van der Waals surface area (Å²) < 4.78 is 19.7. The number of amides is 2. The minimum Gasteiger partial charge on any atom is -0.381 e. The molecule has 0 unspecified atom stereocenters. The molecule has 2 amide bonds. The quantitative estimate of drug-likeness (QED) is 0.516. The number of nitrogens with zero attached hydrogens (tertiary/aromatic N) is 5. The van der Waals surface area contributed by atoms with Gasteiger partial charge in [-0.05, 0) is 42.5 Å². The molecule has 1 saturated heterocycles. The van der Waals surface area contributed by atoms with Crippen molar-refractivity contribution in [3.8, 4) is 6.07 Å². The van der Waals surface area contributed by atoms with Crippen LogP contribution in [0.25, 0.3) is 0 Å². The van der Waals surface area contributed by atoms with Gasteiger partial charge < -0.3 is 20.3 Å². The number of aromatic nitrogens is 4. The van der Waals surface area contributed by atoms with Crippen molar-refractivity contribution in [2.45, 2.75) is 37.9 Å². The number of nitriles is 1. The van der Waals surface area contributed by atoms with Gasteiger partial charge in [-0.3, -0.25) is 5.10 Å². The third-order valence-corrected chi connectivity index (χ3v) is 6.36. The Bertz CT molecular complexity index is 1240. The summed E-state index contributed by atoms with van der Waals surface area (Å²) in [7, 11) is 0. The van der Waals surface area contributed by atoms with Gasteiger partial charge in [0.05, 0.1) is 30.0 Å². The van der Waals surface area contributed by atoms with Crippen LogP contribution in [0.3, 0.4) is 0 Å². The standard InChI is InChI=1S/C24H25FN8O2/c25-20-9-15(1-2-16(20)10-26)22(18-12-28-29-13-18)32-24(34)33-6-3-17-11-27-23(31-21(17)14-33)30-19-4-7-35-8-5-19/h1-2,9,11-13,19,22H,3-8,14H2,(H,28,29)(H,32,34)(H,27,30,31)/t22-/m0/s1. The molecule has 1 aromatic carbocycles. The summed E-state index contributed by atoms with van der Waals surface area (Å²) in [5.41, 5.74) is 2.96. The zero-order chi connectivity index (χ0) is 24.2. The molecule has 4 heterocycles. The van der Waals surface area contributed by atoms with Crippen LogP contribution in [0, 0.1) is 17.1 Å². The predicted molar refractivity (Wildman–Crippen MR) is 124 cm³/mol. The third-order valence-electron chi connectivity index (χ3n) is 6.36. The van der Waals surface area contributed by atoms with E-state index < -0.39 is 11.9 Å². The molecule has 0 saturated carbocycles. The maximum Gasteiger partial charge on any atom is 0.318 e. The van der Waals surface area contributed by atoms with E-state index in [1.807, 2.05) is 12.3 Å². The van der Waals surface area contributed by atoms with Gasteiger partial charge in [-0.1, -0.05) is 6.07 Å². The minimum atomic E-state index is -0.638. The fourth-order valence-electron chi connectivity index (χ4n) is 4.36. The summed E-state index contributed by atoms with van der Waals surface area (Å²) in [5, 5.41) is 22.1. The van der Waals surface area contributed by atoms with Crippen molar-refractivity contribution in [1.82, 2.24) is 30.4 Å². The molecule has 0 radical (unpaired) electrons. The molecule has 5 rings (SSSR count). The highest BCUT2D eigenvalue weighted by Gasteiger charge is 2.27. The molecule has 1 atom stereocenters. The number of nitrogens with one attached hydrogen (secondary N) is 3. The highest BCUT2D eigenvalue weighted by Crippen LogP contribution is 2.25. The molecule has 2 aliphatic heterocycles. The zero-order valence-corrected chi connectivity index (χ0v) is 19.0. The molecule has 0 aliphatic carbocycles. The summed E-state index contributed by atoms with van der Waals surface area (Å²) in [6.45, 7) is 2.29. The van der Waals surface area contributed by atoms with E-state index in [9.17, 15) is 9.18 Å². The average molecular weight is 477 g/mol. The van der Waals surface area contributed by atoms with Gasteiger partial charge in [0.1, 0.15) is 11.9 Å². The largest absolute Gasteiger partial charge is 0.381 e. The molecule has 0 spiro atoms. The van der Waals surface area contributed by atoms with E-state index >= 15 is 0 Å². The van der Waals surface area contributed by atoms with Crippen LogP contribution < -0.4 is 10.6 Å². The monoisotopic (exact) mass is 476 g/mol. The molecule has 11 heteroatoms. The van der Waals surface area contributed by atoms with Gasteiger partial charge in [-0.25, -0.2) is 19.2 Å². The molecular formula is C24H25FN8O2. The van der Waals surface area contributed by atoms with Crippen molar-refractivity contribution in [1.29, 1.82) is 5.26 Å². The van der Waals surface area contributed by atoms with Crippen LogP contribution in [-0.2, 0) is 17.7 Å². The Balaban J connectivity index is 1.31. The van der Waals surface area contributed by atoms with Crippen LogP contribution in [0.1, 0.15) is 46.8 Å². The van der Waals surface area contributed by atoms with Crippen LogP contribution in [0.2, 0.25) is 0 Å². The number of benzene rings is 1. The Morgan fingerprint density at radius 1 is 1.29 bits per heavy atom. The maximum atomic E-state index is 14.3. The summed E-state index contributed by atoms with van der Waals surface area (Å²) in [6, 6.07) is 5.45. The van der Waals surface area contributed by atoms with Crippen molar-refractivity contribution < 1.29 is 13.9 Å². The minimum absolute atomic E-state index is 0.0523. The van der Waals surface area contributed by atoms with Crippen molar-refractivity contribution in [2.75, 3.05) is 25.1 Å². The number of anilines is 1. The highest BCUT2D eigenvalue weighted by molar-refractivity contribution is 5.75. The maximum absolute atomic E-state index is 14.3. The Kier molecular flexibility index (Phi) is 6.54. The number of hydrogen-bond donors (Lipinski definition) is 3. The van der Waals surface area contributed by atoms with E-state index in [4.69, 9.17) is 10.00 Å². The molecule has 1 fully saturated rings. The second-order valence-corrected chi connectivity index (χ2v) is 8.63. The molecule has 3 aromatic rings. The fraction of sp³-hybridized carbons (Fsp3) is 0.375. The van der Waals surface area contributed by atoms with Crippen molar-refractivity contribution in [3.05, 3.63) is 70.6 Å². The number of fused-ring (bicyclic) bond motifs is 1. The molecule has 35 heavy (non-hydrogen) atoms. The lowest BCUT2D eigenvalue weighted by atomic mass is 10.00. The number of carbonyl (C=O) groups excluding carboxylic acids is 1. The molecular weight excluding hydrogens is 451 g/mol. The van der Waals surface area contributed by atoms with E-state index in [0.29, 0.717) is 36.6 Å². The van der Waals surface area contributed by atoms with E-state index in [0.717, 1.165) is 37.3 Å². The number of urea groups is 1. The number of carbonyl (C=O) groups is 1. The SMILES string of the molecule is N#Cc1ccc([C@H](NC(=O)N2CCc3cnc(NC4CCOCC4)nc3C2)c2cn[nH]c2)cc1F. The molecule has 2 aromatic heterocycles. The van der Waals surface area contributed by atoms with Gasteiger partial charge in [0.2, 0.25) is 5.95 Å². The number of halogens is 1. The average Bonchev–Trinajstić information content (AvgIpc) is 3.42. The highest BCUT2D eigenvalue weighted by atomic mass is 19.1. The first-order valence-corrected chi connectivity index (χ1v) is 11.5. The van der Waals surface area contributed by atoms with Gasteiger partial charge in [-0.15, -0.1) is 0 Å². The molecule has 2 aliphatic rings. The fourth-order valence-corrected chi connectivity index (χ4v) is 4.36. The van der Waals surface area contributed by atoms with Crippen LogP contribution in [0.15, 0.2) is 36.8 Å². The third kappa shape index (κ3) is 5.07. The van der Waals surface area contributed by atoms with E-state index in [1.165, 1.54) is 12.1 Å². The predicted octanol–water partition coefficient (Wildman–Crippen LogP) is 2.66. The van der Waals surface area contributed by atoms with Crippen molar-refractivity contribution in [3.63, 3.8) is 0 Å². The lowest BCUT2D eigenvalue weighted by Gasteiger charge is -2.30. The Hall–Kier alpha value is -4.04. The van der Waals surface area contributed by atoms with Crippen LogP contribution >= 0.6 is 0 Å². The van der Waals surface area contributed by atoms with Crippen LogP contribution in [0.4, 0.5) is 15.1 Å². The van der Waals surface area contributed by atoms with Gasteiger partial charge in [0, 0.05) is 43.8 Å². The summed E-state index contributed by atoms with van der Waals surface area (Å²) >= 11 is 0. The van der Waals surface area contributed by atoms with E-state index in [2.05, 4.69) is 30.8 Å². The number of H-pyrrole nitrogens is 1. The second kappa shape index (κ2) is 10.1. The van der Waals surface area contributed by atoms with Gasteiger partial charge in [0.25, 0.3) is 0 Å². The number of ether oxygens (including phenoxy) is 1.